The molecule has 8 heteroatoms. The summed E-state index contributed by atoms with van der Waals surface area (Å²) in [6.07, 6.45) is 0.596. The van der Waals surface area contributed by atoms with Crippen molar-refractivity contribution in [3.8, 4) is 28.7 Å². The summed E-state index contributed by atoms with van der Waals surface area (Å²) in [5.74, 6) is 0.907. The Hall–Kier alpha value is -3.94. The minimum atomic E-state index is -0.570. The van der Waals surface area contributed by atoms with Crippen molar-refractivity contribution in [1.29, 1.82) is 0 Å². The Labute approximate surface area is 197 Å². The zero-order valence-electron chi connectivity index (χ0n) is 19.6. The van der Waals surface area contributed by atoms with E-state index in [0.29, 0.717) is 47.0 Å². The lowest BCUT2D eigenvalue weighted by atomic mass is 9.86. The number of hydrogen-bond acceptors (Lipinski definition) is 7. The van der Waals surface area contributed by atoms with E-state index in [2.05, 4.69) is 0 Å². The summed E-state index contributed by atoms with van der Waals surface area (Å²) in [4.78, 5) is 26.2. The lowest BCUT2D eigenvalue weighted by molar-refractivity contribution is -0.135. The van der Waals surface area contributed by atoms with Crippen LogP contribution in [0.15, 0.2) is 47.3 Å². The van der Waals surface area contributed by atoms with Gasteiger partial charge in [-0.15, -0.1) is 0 Å². The van der Waals surface area contributed by atoms with Gasteiger partial charge in [0.1, 0.15) is 17.2 Å². The number of pyridine rings is 1. The number of phenolic OH excluding ortho intramolecular Hbond substituents is 1. The average Bonchev–Trinajstić information content (AvgIpc) is 2.83. The number of ether oxygens (including phenoxy) is 4. The molecule has 1 aromatic heterocycles. The standard InChI is InChI=1S/C26H27NO7/c1-15-11-23-25(26(30)27(15)10-9-16-5-7-17(28)8-6-16)19(13-24(29)34-23)18-12-21(32-3)22(33-4)14-20(18)31-2/h5-8,11-12,14,19,28H,9-10,13H2,1-4H3/t19-/m0/s1. The highest BCUT2D eigenvalue weighted by atomic mass is 16.5. The fraction of sp³-hybridized carbons (Fsp3) is 0.308. The van der Waals surface area contributed by atoms with Crippen molar-refractivity contribution in [1.82, 2.24) is 4.57 Å². The van der Waals surface area contributed by atoms with Crippen LogP contribution in [-0.2, 0) is 17.8 Å². The van der Waals surface area contributed by atoms with Crippen molar-refractivity contribution < 1.29 is 28.8 Å². The first kappa shape index (κ1) is 23.2. The number of benzene rings is 2. The molecule has 0 unspecified atom stereocenters. The summed E-state index contributed by atoms with van der Waals surface area (Å²) in [6, 6.07) is 12.1. The summed E-state index contributed by atoms with van der Waals surface area (Å²) in [5, 5.41) is 9.51. The number of carbonyl (C=O) groups is 1. The third kappa shape index (κ3) is 4.31. The number of hydrogen-bond donors (Lipinski definition) is 1. The van der Waals surface area contributed by atoms with Gasteiger partial charge in [-0.3, -0.25) is 9.59 Å². The van der Waals surface area contributed by atoms with Crippen molar-refractivity contribution in [2.45, 2.75) is 32.2 Å². The molecule has 0 radical (unpaired) electrons. The van der Waals surface area contributed by atoms with Gasteiger partial charge in [0, 0.05) is 35.9 Å². The Morgan fingerprint density at radius 3 is 2.26 bits per heavy atom. The minimum Gasteiger partial charge on any atom is -0.508 e. The van der Waals surface area contributed by atoms with Crippen LogP contribution in [0.2, 0.25) is 0 Å². The largest absolute Gasteiger partial charge is 0.508 e. The number of esters is 1. The van der Waals surface area contributed by atoms with Gasteiger partial charge in [-0.2, -0.15) is 0 Å². The van der Waals surface area contributed by atoms with Crippen molar-refractivity contribution in [3.63, 3.8) is 0 Å². The summed E-state index contributed by atoms with van der Waals surface area (Å²) in [7, 11) is 4.58. The Bertz CT molecular complexity index is 1280. The number of nitrogens with zero attached hydrogens (tertiary/aromatic N) is 1. The van der Waals surface area contributed by atoms with Gasteiger partial charge < -0.3 is 28.6 Å². The molecule has 3 aromatic rings. The van der Waals surface area contributed by atoms with Crippen molar-refractivity contribution in [3.05, 3.63) is 75.2 Å². The Kier molecular flexibility index (Phi) is 6.49. The molecule has 1 atom stereocenters. The molecule has 2 heterocycles. The van der Waals surface area contributed by atoms with Gasteiger partial charge in [0.05, 0.1) is 33.3 Å². The fourth-order valence-electron chi connectivity index (χ4n) is 4.37. The second kappa shape index (κ2) is 9.51. The molecule has 8 nitrogen and oxygen atoms in total. The third-order valence-corrected chi connectivity index (χ3v) is 6.12. The predicted octanol–water partition coefficient (Wildman–Crippen LogP) is 3.57. The van der Waals surface area contributed by atoms with Crippen LogP contribution in [0, 0.1) is 6.92 Å². The van der Waals surface area contributed by atoms with E-state index in [4.69, 9.17) is 18.9 Å². The van der Waals surface area contributed by atoms with Crippen molar-refractivity contribution in [2.75, 3.05) is 21.3 Å². The van der Waals surface area contributed by atoms with Crippen LogP contribution in [0.4, 0.5) is 0 Å². The SMILES string of the molecule is COc1cc(OC)c([C@@H]2CC(=O)Oc3cc(C)n(CCc4ccc(O)cc4)c(=O)c32)cc1OC. The van der Waals surface area contributed by atoms with Gasteiger partial charge in [-0.25, -0.2) is 0 Å². The molecule has 1 aliphatic rings. The molecule has 1 N–H and O–H groups in total. The molecule has 0 aliphatic carbocycles. The molecule has 1 aliphatic heterocycles. The summed E-state index contributed by atoms with van der Waals surface area (Å²) >= 11 is 0. The van der Waals surface area contributed by atoms with Gasteiger partial charge >= 0.3 is 5.97 Å². The lowest BCUT2D eigenvalue weighted by Crippen LogP contribution is -2.33. The fourth-order valence-corrected chi connectivity index (χ4v) is 4.37. The molecule has 4 rings (SSSR count). The van der Waals surface area contributed by atoms with E-state index >= 15 is 0 Å². The molecule has 34 heavy (non-hydrogen) atoms. The van der Waals surface area contributed by atoms with E-state index in [0.717, 1.165) is 5.56 Å². The van der Waals surface area contributed by atoms with Crippen LogP contribution >= 0.6 is 0 Å². The molecule has 2 aromatic carbocycles. The second-order valence-corrected chi connectivity index (χ2v) is 8.12. The highest BCUT2D eigenvalue weighted by molar-refractivity contribution is 5.78. The first-order chi connectivity index (χ1) is 16.4. The van der Waals surface area contributed by atoms with E-state index in [1.165, 1.54) is 21.3 Å². The molecule has 0 spiro atoms. The summed E-state index contributed by atoms with van der Waals surface area (Å²) in [5.41, 5.74) is 2.51. The van der Waals surface area contributed by atoms with Crippen molar-refractivity contribution in [2.24, 2.45) is 0 Å². The summed E-state index contributed by atoms with van der Waals surface area (Å²) < 4.78 is 23.6. The topological polar surface area (TPSA) is 96.2 Å². The molecule has 0 bridgehead atoms. The van der Waals surface area contributed by atoms with E-state index in [1.807, 2.05) is 19.1 Å². The van der Waals surface area contributed by atoms with Crippen LogP contribution in [0.3, 0.4) is 0 Å². The molecular weight excluding hydrogens is 438 g/mol. The quantitative estimate of drug-likeness (QED) is 0.533. The normalized spacial score (nSPS) is 14.8. The van der Waals surface area contributed by atoms with Crippen molar-refractivity contribution >= 4 is 5.97 Å². The molecule has 0 saturated carbocycles. The minimum absolute atomic E-state index is 0.00485. The second-order valence-electron chi connectivity index (χ2n) is 8.12. The highest BCUT2D eigenvalue weighted by Gasteiger charge is 2.35. The smallest absolute Gasteiger partial charge is 0.312 e. The number of aryl methyl sites for hydroxylation is 2. The van der Waals surface area contributed by atoms with E-state index in [-0.39, 0.29) is 23.5 Å². The van der Waals surface area contributed by atoms with Gasteiger partial charge in [0.25, 0.3) is 5.56 Å². The molecule has 0 saturated heterocycles. The molecular formula is C26H27NO7. The first-order valence-electron chi connectivity index (χ1n) is 10.9. The van der Waals surface area contributed by atoms with E-state index < -0.39 is 11.9 Å². The maximum atomic E-state index is 13.7. The average molecular weight is 466 g/mol. The van der Waals surface area contributed by atoms with Gasteiger partial charge in [0.2, 0.25) is 0 Å². The number of aromatic hydroxyl groups is 1. The highest BCUT2D eigenvalue weighted by Crippen LogP contribution is 2.44. The van der Waals surface area contributed by atoms with Crippen LogP contribution in [0.1, 0.15) is 34.7 Å². The predicted molar refractivity (Wildman–Crippen MR) is 125 cm³/mol. The monoisotopic (exact) mass is 465 g/mol. The Balaban J connectivity index is 1.81. The lowest BCUT2D eigenvalue weighted by Gasteiger charge is -2.27. The Morgan fingerprint density at radius 2 is 1.62 bits per heavy atom. The number of rotatable bonds is 7. The molecule has 178 valence electrons. The van der Waals surface area contributed by atoms with Gasteiger partial charge in [-0.1, -0.05) is 12.1 Å². The zero-order valence-corrected chi connectivity index (χ0v) is 19.6. The summed E-state index contributed by atoms with van der Waals surface area (Å²) in [6.45, 7) is 2.25. The van der Waals surface area contributed by atoms with Crippen LogP contribution in [0.5, 0.6) is 28.7 Å². The number of methoxy groups -OCH3 is 3. The van der Waals surface area contributed by atoms with E-state index in [1.54, 1.807) is 34.9 Å². The number of aromatic nitrogens is 1. The molecule has 0 fully saturated rings. The Morgan fingerprint density at radius 1 is 0.971 bits per heavy atom. The van der Waals surface area contributed by atoms with Gasteiger partial charge in [0.15, 0.2) is 11.5 Å². The first-order valence-corrected chi connectivity index (χ1v) is 10.9. The number of carbonyl (C=O) groups excluding carboxylic acids is 1. The number of fused-ring (bicyclic) bond motifs is 1. The number of phenols is 1. The molecule has 0 amide bonds. The van der Waals surface area contributed by atoms with Crippen LogP contribution < -0.4 is 24.5 Å². The van der Waals surface area contributed by atoms with Gasteiger partial charge in [-0.05, 0) is 37.1 Å². The van der Waals surface area contributed by atoms with E-state index in [9.17, 15) is 14.7 Å². The zero-order chi connectivity index (χ0) is 24.4. The maximum absolute atomic E-state index is 13.7. The van der Waals surface area contributed by atoms with Crippen LogP contribution in [-0.4, -0.2) is 37.0 Å². The third-order valence-electron chi connectivity index (χ3n) is 6.12. The maximum Gasteiger partial charge on any atom is 0.312 e. The van der Waals surface area contributed by atoms with Crippen LogP contribution in [0.25, 0.3) is 0 Å².